The van der Waals surface area contributed by atoms with Crippen LogP contribution in [0.15, 0.2) is 42.5 Å². The predicted molar refractivity (Wildman–Crippen MR) is 102 cm³/mol. The average Bonchev–Trinajstić information content (AvgIpc) is 2.63. The molecule has 1 aliphatic carbocycles. The molecule has 1 fully saturated rings. The first-order valence-electron chi connectivity index (χ1n) is 8.73. The standard InChI is InChI=1S/C21H16ClN3O2/c22-16-4-1-14(2-5-16)20-19(9-12-7-13(8-12)11-23)24-18-10-15(21(26)27)3-6-17(18)25-20/h1-6,10,12-13H,7-9H2,(H,26,27). The molecule has 2 aromatic carbocycles. The molecular formula is C21H16ClN3O2. The molecule has 0 bridgehead atoms. The van der Waals surface area contributed by atoms with Crippen LogP contribution in [0, 0.1) is 23.2 Å². The van der Waals surface area contributed by atoms with Gasteiger partial charge in [-0.25, -0.2) is 14.8 Å². The fraction of sp³-hybridized carbons (Fsp3) is 0.238. The van der Waals surface area contributed by atoms with Gasteiger partial charge in [0.25, 0.3) is 0 Å². The molecule has 0 radical (unpaired) electrons. The van der Waals surface area contributed by atoms with Crippen LogP contribution in [-0.2, 0) is 6.42 Å². The summed E-state index contributed by atoms with van der Waals surface area (Å²) in [4.78, 5) is 20.8. The summed E-state index contributed by atoms with van der Waals surface area (Å²) in [5, 5.41) is 18.9. The smallest absolute Gasteiger partial charge is 0.335 e. The number of aromatic nitrogens is 2. The number of nitrogens with zero attached hydrogens (tertiary/aromatic N) is 3. The van der Waals surface area contributed by atoms with Gasteiger partial charge in [-0.3, -0.25) is 0 Å². The fourth-order valence-electron chi connectivity index (χ4n) is 3.49. The fourth-order valence-corrected chi connectivity index (χ4v) is 3.61. The van der Waals surface area contributed by atoms with Crippen molar-refractivity contribution in [3.05, 3.63) is 58.7 Å². The highest BCUT2D eigenvalue weighted by Crippen LogP contribution is 2.37. The normalized spacial score (nSPS) is 18.7. The van der Waals surface area contributed by atoms with Crippen molar-refractivity contribution in [1.29, 1.82) is 5.26 Å². The first-order chi connectivity index (χ1) is 13.0. The SMILES string of the molecule is N#CC1CC(Cc2nc3cc(C(=O)O)ccc3nc2-c2ccc(Cl)cc2)C1. The van der Waals surface area contributed by atoms with Gasteiger partial charge < -0.3 is 5.11 Å². The van der Waals surface area contributed by atoms with E-state index in [0.29, 0.717) is 22.0 Å². The molecule has 1 aromatic heterocycles. The Morgan fingerprint density at radius 2 is 1.89 bits per heavy atom. The molecule has 0 aliphatic heterocycles. The van der Waals surface area contributed by atoms with E-state index in [2.05, 4.69) is 6.07 Å². The summed E-state index contributed by atoms with van der Waals surface area (Å²) in [6, 6.07) is 14.5. The van der Waals surface area contributed by atoms with Gasteiger partial charge in [-0.15, -0.1) is 0 Å². The van der Waals surface area contributed by atoms with Crippen LogP contribution in [0.5, 0.6) is 0 Å². The molecule has 4 rings (SSSR count). The number of benzene rings is 2. The Morgan fingerprint density at radius 1 is 1.15 bits per heavy atom. The van der Waals surface area contributed by atoms with E-state index in [1.807, 2.05) is 24.3 Å². The Morgan fingerprint density at radius 3 is 2.56 bits per heavy atom. The highest BCUT2D eigenvalue weighted by Gasteiger charge is 2.30. The molecule has 3 aromatic rings. The number of hydrogen-bond donors (Lipinski definition) is 1. The Hall–Kier alpha value is -2.97. The van der Waals surface area contributed by atoms with Crippen LogP contribution in [0.4, 0.5) is 0 Å². The van der Waals surface area contributed by atoms with Gasteiger partial charge in [0.15, 0.2) is 0 Å². The van der Waals surface area contributed by atoms with E-state index in [1.165, 1.54) is 6.07 Å². The van der Waals surface area contributed by atoms with Crippen LogP contribution >= 0.6 is 11.6 Å². The second-order valence-corrected chi connectivity index (χ2v) is 7.34. The van der Waals surface area contributed by atoms with Gasteiger partial charge in [-0.05, 0) is 55.5 Å². The minimum absolute atomic E-state index is 0.126. The summed E-state index contributed by atoms with van der Waals surface area (Å²) in [7, 11) is 0. The highest BCUT2D eigenvalue weighted by atomic mass is 35.5. The third-order valence-electron chi connectivity index (χ3n) is 5.00. The number of rotatable bonds is 4. The van der Waals surface area contributed by atoms with Gasteiger partial charge in [0.1, 0.15) is 0 Å². The first kappa shape index (κ1) is 17.4. The number of halogens is 1. The zero-order valence-corrected chi connectivity index (χ0v) is 15.1. The van der Waals surface area contributed by atoms with E-state index in [0.717, 1.165) is 36.2 Å². The maximum Gasteiger partial charge on any atom is 0.335 e. The minimum atomic E-state index is -0.988. The van der Waals surface area contributed by atoms with Crippen molar-refractivity contribution in [1.82, 2.24) is 9.97 Å². The van der Waals surface area contributed by atoms with Crippen LogP contribution in [-0.4, -0.2) is 21.0 Å². The molecule has 0 saturated heterocycles. The van der Waals surface area contributed by atoms with Crippen molar-refractivity contribution in [2.24, 2.45) is 11.8 Å². The number of nitriles is 1. The largest absolute Gasteiger partial charge is 0.478 e. The van der Waals surface area contributed by atoms with Crippen LogP contribution in [0.25, 0.3) is 22.3 Å². The third-order valence-corrected chi connectivity index (χ3v) is 5.25. The second-order valence-electron chi connectivity index (χ2n) is 6.90. The van der Waals surface area contributed by atoms with Crippen molar-refractivity contribution in [2.75, 3.05) is 0 Å². The number of carboxylic acid groups (broad SMARTS) is 1. The lowest BCUT2D eigenvalue weighted by Gasteiger charge is -2.30. The van der Waals surface area contributed by atoms with E-state index >= 15 is 0 Å². The lowest BCUT2D eigenvalue weighted by molar-refractivity contribution is 0.0697. The Labute approximate surface area is 161 Å². The molecule has 0 spiro atoms. The molecule has 1 saturated carbocycles. The van der Waals surface area contributed by atoms with E-state index in [9.17, 15) is 9.90 Å². The van der Waals surface area contributed by atoms with Crippen LogP contribution in [0.3, 0.4) is 0 Å². The topological polar surface area (TPSA) is 86.9 Å². The molecule has 134 valence electrons. The Kier molecular flexibility index (Phi) is 4.51. The number of carboxylic acids is 1. The quantitative estimate of drug-likeness (QED) is 0.709. The monoisotopic (exact) mass is 377 g/mol. The predicted octanol–water partition coefficient (Wildman–Crippen LogP) is 4.74. The first-order valence-corrected chi connectivity index (χ1v) is 9.11. The third kappa shape index (κ3) is 3.49. The highest BCUT2D eigenvalue weighted by molar-refractivity contribution is 6.30. The molecule has 6 heteroatoms. The van der Waals surface area contributed by atoms with Gasteiger partial charge >= 0.3 is 5.97 Å². The van der Waals surface area contributed by atoms with Crippen molar-refractivity contribution in [3.8, 4) is 17.3 Å². The zero-order chi connectivity index (χ0) is 19.0. The van der Waals surface area contributed by atoms with Gasteiger partial charge in [-0.2, -0.15) is 5.26 Å². The van der Waals surface area contributed by atoms with Crippen molar-refractivity contribution < 1.29 is 9.90 Å². The van der Waals surface area contributed by atoms with Crippen molar-refractivity contribution >= 4 is 28.6 Å². The summed E-state index contributed by atoms with van der Waals surface area (Å²) in [5.41, 5.74) is 3.94. The maximum absolute atomic E-state index is 11.3. The summed E-state index contributed by atoms with van der Waals surface area (Å²) in [5.74, 6) is -0.464. The van der Waals surface area contributed by atoms with Crippen molar-refractivity contribution in [2.45, 2.75) is 19.3 Å². The molecule has 0 amide bonds. The lowest BCUT2D eigenvalue weighted by atomic mass is 9.73. The molecule has 1 N–H and O–H groups in total. The molecule has 1 aliphatic rings. The summed E-state index contributed by atoms with van der Waals surface area (Å²) < 4.78 is 0. The van der Waals surface area contributed by atoms with Crippen LogP contribution in [0.1, 0.15) is 28.9 Å². The molecule has 27 heavy (non-hydrogen) atoms. The van der Waals surface area contributed by atoms with Gasteiger partial charge in [0.05, 0.1) is 34.1 Å². The number of hydrogen-bond acceptors (Lipinski definition) is 4. The summed E-state index contributed by atoms with van der Waals surface area (Å²) >= 11 is 6.01. The van der Waals surface area contributed by atoms with Gasteiger partial charge in [0.2, 0.25) is 0 Å². The number of carbonyl (C=O) groups is 1. The molecule has 1 heterocycles. The molecular weight excluding hydrogens is 362 g/mol. The van der Waals surface area contributed by atoms with Crippen LogP contribution in [0.2, 0.25) is 5.02 Å². The average molecular weight is 378 g/mol. The van der Waals surface area contributed by atoms with Gasteiger partial charge in [-0.1, -0.05) is 23.7 Å². The Bertz CT molecular complexity index is 1070. The molecule has 5 nitrogen and oxygen atoms in total. The maximum atomic E-state index is 11.3. The van der Waals surface area contributed by atoms with E-state index in [1.54, 1.807) is 12.1 Å². The minimum Gasteiger partial charge on any atom is -0.478 e. The number of fused-ring (bicyclic) bond motifs is 1. The van der Waals surface area contributed by atoms with Crippen molar-refractivity contribution in [3.63, 3.8) is 0 Å². The second kappa shape index (κ2) is 6.98. The summed E-state index contributed by atoms with van der Waals surface area (Å²) in [6.07, 6.45) is 2.45. The molecule has 0 unspecified atom stereocenters. The van der Waals surface area contributed by atoms with E-state index in [4.69, 9.17) is 26.8 Å². The summed E-state index contributed by atoms with van der Waals surface area (Å²) in [6.45, 7) is 0. The molecule has 0 atom stereocenters. The zero-order valence-electron chi connectivity index (χ0n) is 14.4. The Balaban J connectivity index is 1.79. The number of aromatic carboxylic acids is 1. The van der Waals surface area contributed by atoms with Crippen LogP contribution < -0.4 is 0 Å². The van der Waals surface area contributed by atoms with E-state index in [-0.39, 0.29) is 11.5 Å². The van der Waals surface area contributed by atoms with Gasteiger partial charge in [0, 0.05) is 16.5 Å². The van der Waals surface area contributed by atoms with E-state index < -0.39 is 5.97 Å². The lowest BCUT2D eigenvalue weighted by Crippen LogP contribution is -2.24.